The Morgan fingerprint density at radius 1 is 1.03 bits per heavy atom. The Labute approximate surface area is 176 Å². The summed E-state index contributed by atoms with van der Waals surface area (Å²) in [5.74, 6) is 1.62. The van der Waals surface area contributed by atoms with Gasteiger partial charge in [0.15, 0.2) is 17.3 Å². The minimum absolute atomic E-state index is 0.0435. The molecule has 3 aromatic carbocycles. The second-order valence-corrected chi connectivity index (χ2v) is 7.11. The van der Waals surface area contributed by atoms with Crippen LogP contribution in [-0.4, -0.2) is 12.6 Å². The molecule has 5 nitrogen and oxygen atoms in total. The molecule has 0 spiro atoms. The van der Waals surface area contributed by atoms with Gasteiger partial charge in [0.05, 0.1) is 10.6 Å². The molecule has 0 N–H and O–H groups in total. The number of ketones is 1. The van der Waals surface area contributed by atoms with Gasteiger partial charge in [-0.05, 0) is 48.0 Å². The Morgan fingerprint density at radius 3 is 2.77 bits per heavy atom. The highest BCUT2D eigenvalue weighted by Crippen LogP contribution is 2.37. The van der Waals surface area contributed by atoms with Gasteiger partial charge in [-0.1, -0.05) is 23.7 Å². The predicted octanol–water partition coefficient (Wildman–Crippen LogP) is 5.40. The standard InChI is InChI=1S/C23H14ClFO5/c24-17-2-1-3-18(25)16(17)11-27-14-5-6-15-20(10-14)30-22(23(15)26)9-13-4-7-19-21(8-13)29-12-28-19/h1-10H,11-12H2/b22-9-. The maximum Gasteiger partial charge on any atom is 0.231 e. The van der Waals surface area contributed by atoms with Crippen LogP contribution in [0.5, 0.6) is 23.0 Å². The Hall–Kier alpha value is -3.51. The van der Waals surface area contributed by atoms with Gasteiger partial charge in [-0.15, -0.1) is 0 Å². The number of carbonyl (C=O) groups is 1. The van der Waals surface area contributed by atoms with E-state index in [0.717, 1.165) is 5.56 Å². The first kappa shape index (κ1) is 18.5. The van der Waals surface area contributed by atoms with E-state index in [-0.39, 0.29) is 35.5 Å². The van der Waals surface area contributed by atoms with Gasteiger partial charge in [-0.2, -0.15) is 0 Å². The number of hydrogen-bond donors (Lipinski definition) is 0. The van der Waals surface area contributed by atoms with Gasteiger partial charge >= 0.3 is 0 Å². The number of halogens is 2. The molecule has 0 radical (unpaired) electrons. The fourth-order valence-corrected chi connectivity index (χ4v) is 3.45. The second kappa shape index (κ2) is 7.39. The summed E-state index contributed by atoms with van der Waals surface area (Å²) < 4.78 is 36.0. The zero-order valence-electron chi connectivity index (χ0n) is 15.5. The summed E-state index contributed by atoms with van der Waals surface area (Å²) in [6.07, 6.45) is 1.64. The van der Waals surface area contributed by atoms with Crippen molar-refractivity contribution in [3.8, 4) is 23.0 Å². The maximum absolute atomic E-state index is 13.9. The first-order valence-corrected chi connectivity index (χ1v) is 9.50. The van der Waals surface area contributed by atoms with Gasteiger partial charge in [0.1, 0.15) is 23.9 Å². The van der Waals surface area contributed by atoms with Gasteiger partial charge in [0.25, 0.3) is 0 Å². The lowest BCUT2D eigenvalue weighted by Crippen LogP contribution is -1.99. The molecule has 0 bridgehead atoms. The fraction of sp³-hybridized carbons (Fsp3) is 0.0870. The Balaban J connectivity index is 1.35. The van der Waals surface area contributed by atoms with Crippen LogP contribution in [0.15, 0.2) is 60.4 Å². The van der Waals surface area contributed by atoms with Gasteiger partial charge in [-0.25, -0.2) is 4.39 Å². The normalized spacial score (nSPS) is 15.3. The van der Waals surface area contributed by atoms with Crippen LogP contribution in [-0.2, 0) is 6.61 Å². The molecule has 0 fully saturated rings. The van der Waals surface area contributed by atoms with Crippen LogP contribution in [0.3, 0.4) is 0 Å². The average molecular weight is 425 g/mol. The lowest BCUT2D eigenvalue weighted by Gasteiger charge is -2.09. The van der Waals surface area contributed by atoms with Crippen molar-refractivity contribution in [3.63, 3.8) is 0 Å². The molecule has 0 unspecified atom stereocenters. The van der Waals surface area contributed by atoms with Crippen LogP contribution in [0, 0.1) is 5.82 Å². The molecule has 0 aromatic heterocycles. The summed E-state index contributed by atoms with van der Waals surface area (Å²) in [4.78, 5) is 12.7. The molecule has 0 saturated carbocycles. The van der Waals surface area contributed by atoms with Crippen LogP contribution in [0.1, 0.15) is 21.5 Å². The smallest absolute Gasteiger partial charge is 0.231 e. The van der Waals surface area contributed by atoms with Crippen LogP contribution >= 0.6 is 11.6 Å². The molecule has 5 rings (SSSR count). The van der Waals surface area contributed by atoms with Gasteiger partial charge in [0.2, 0.25) is 12.6 Å². The largest absolute Gasteiger partial charge is 0.489 e. The Kier molecular flexibility index (Phi) is 4.56. The van der Waals surface area contributed by atoms with Gasteiger partial charge < -0.3 is 18.9 Å². The minimum Gasteiger partial charge on any atom is -0.489 e. The monoisotopic (exact) mass is 424 g/mol. The molecule has 3 aromatic rings. The Morgan fingerprint density at radius 2 is 1.90 bits per heavy atom. The second-order valence-electron chi connectivity index (χ2n) is 6.70. The van der Waals surface area contributed by atoms with E-state index in [1.54, 1.807) is 42.5 Å². The molecule has 2 aliphatic heterocycles. The number of ether oxygens (including phenoxy) is 4. The summed E-state index contributed by atoms with van der Waals surface area (Å²) in [6, 6.07) is 14.7. The lowest BCUT2D eigenvalue weighted by atomic mass is 10.1. The molecule has 150 valence electrons. The summed E-state index contributed by atoms with van der Waals surface area (Å²) >= 11 is 6.03. The number of benzene rings is 3. The van der Waals surface area contributed by atoms with Crippen LogP contribution in [0.4, 0.5) is 4.39 Å². The zero-order valence-corrected chi connectivity index (χ0v) is 16.2. The number of fused-ring (bicyclic) bond motifs is 2. The molecule has 0 saturated heterocycles. The van der Waals surface area contributed by atoms with Crippen molar-refractivity contribution in [1.82, 2.24) is 0 Å². The van der Waals surface area contributed by atoms with E-state index in [9.17, 15) is 9.18 Å². The molecule has 2 heterocycles. The fourth-order valence-electron chi connectivity index (χ4n) is 3.24. The lowest BCUT2D eigenvalue weighted by molar-refractivity contribution is 0.101. The first-order valence-electron chi connectivity index (χ1n) is 9.12. The topological polar surface area (TPSA) is 54.0 Å². The number of carbonyl (C=O) groups excluding carboxylic acids is 1. The van der Waals surface area contributed by atoms with Crippen molar-refractivity contribution in [2.75, 3.05) is 6.79 Å². The third-order valence-corrected chi connectivity index (χ3v) is 5.13. The van der Waals surface area contributed by atoms with E-state index in [0.29, 0.717) is 28.6 Å². The van der Waals surface area contributed by atoms with E-state index < -0.39 is 5.82 Å². The highest BCUT2D eigenvalue weighted by Gasteiger charge is 2.28. The minimum atomic E-state index is -0.441. The van der Waals surface area contributed by atoms with Gasteiger partial charge in [0, 0.05) is 11.6 Å². The highest BCUT2D eigenvalue weighted by molar-refractivity contribution is 6.31. The number of hydrogen-bond acceptors (Lipinski definition) is 5. The quantitative estimate of drug-likeness (QED) is 0.525. The molecular weight excluding hydrogens is 411 g/mol. The van der Waals surface area contributed by atoms with E-state index in [1.165, 1.54) is 12.1 Å². The molecular formula is C23H14ClFO5. The van der Waals surface area contributed by atoms with Gasteiger partial charge in [-0.3, -0.25) is 4.79 Å². The van der Waals surface area contributed by atoms with Crippen molar-refractivity contribution in [3.05, 3.63) is 87.9 Å². The molecule has 2 aliphatic rings. The van der Waals surface area contributed by atoms with Crippen LogP contribution in [0.2, 0.25) is 5.02 Å². The van der Waals surface area contributed by atoms with Crippen molar-refractivity contribution >= 4 is 23.5 Å². The summed E-state index contributed by atoms with van der Waals surface area (Å²) in [5, 5.41) is 0.288. The zero-order chi connectivity index (χ0) is 20.7. The molecule has 7 heteroatoms. The van der Waals surface area contributed by atoms with E-state index >= 15 is 0 Å². The Bertz CT molecular complexity index is 1180. The maximum atomic E-state index is 13.9. The van der Waals surface area contributed by atoms with Crippen molar-refractivity contribution in [2.45, 2.75) is 6.61 Å². The predicted molar refractivity (Wildman–Crippen MR) is 108 cm³/mol. The first-order chi connectivity index (χ1) is 14.6. The number of rotatable bonds is 4. The molecule has 0 atom stereocenters. The van der Waals surface area contributed by atoms with Crippen molar-refractivity contribution in [1.29, 1.82) is 0 Å². The van der Waals surface area contributed by atoms with Crippen molar-refractivity contribution < 1.29 is 28.1 Å². The SMILES string of the molecule is O=C1/C(=C/c2ccc3c(c2)OCO3)Oc2cc(OCc3c(F)cccc3Cl)ccc21. The average Bonchev–Trinajstić information content (AvgIpc) is 3.32. The van der Waals surface area contributed by atoms with E-state index in [1.807, 2.05) is 6.07 Å². The third-order valence-electron chi connectivity index (χ3n) is 4.78. The van der Waals surface area contributed by atoms with Crippen LogP contribution < -0.4 is 18.9 Å². The summed E-state index contributed by atoms with van der Waals surface area (Å²) in [5.41, 5.74) is 1.44. The summed E-state index contributed by atoms with van der Waals surface area (Å²) in [6.45, 7) is 0.134. The highest BCUT2D eigenvalue weighted by atomic mass is 35.5. The van der Waals surface area contributed by atoms with Crippen molar-refractivity contribution in [2.24, 2.45) is 0 Å². The molecule has 0 aliphatic carbocycles. The summed E-state index contributed by atoms with van der Waals surface area (Å²) in [7, 11) is 0. The van der Waals surface area contributed by atoms with E-state index in [4.69, 9.17) is 30.5 Å². The van der Waals surface area contributed by atoms with Crippen LogP contribution in [0.25, 0.3) is 6.08 Å². The third kappa shape index (κ3) is 3.35. The molecule has 30 heavy (non-hydrogen) atoms. The van der Waals surface area contributed by atoms with E-state index in [2.05, 4.69) is 0 Å². The molecule has 0 amide bonds. The number of allylic oxidation sites excluding steroid dienone is 1. The number of Topliss-reactive ketones (excluding diaryl/α,β-unsaturated/α-hetero) is 1.